The minimum atomic E-state index is -0.425. The molecule has 1 spiro atoms. The zero-order valence-corrected chi connectivity index (χ0v) is 13.3. The number of carbonyl (C=O) groups is 1. The molecule has 1 aliphatic carbocycles. The number of hydrogen-bond donors (Lipinski definition) is 1. The van der Waals surface area contributed by atoms with Crippen molar-refractivity contribution in [3.05, 3.63) is 30.1 Å². The van der Waals surface area contributed by atoms with Crippen LogP contribution in [0.1, 0.15) is 25.7 Å². The topological polar surface area (TPSA) is 71.3 Å². The third kappa shape index (κ3) is 2.98. The van der Waals surface area contributed by atoms with E-state index in [9.17, 15) is 9.18 Å². The van der Waals surface area contributed by atoms with E-state index in [-0.39, 0.29) is 29.9 Å². The van der Waals surface area contributed by atoms with Crippen LogP contribution in [0.3, 0.4) is 0 Å². The van der Waals surface area contributed by atoms with Gasteiger partial charge in [0.1, 0.15) is 5.82 Å². The number of aromatic nitrogens is 2. The number of rotatable bonds is 4. The van der Waals surface area contributed by atoms with Crippen LogP contribution in [-0.2, 0) is 4.79 Å². The van der Waals surface area contributed by atoms with Gasteiger partial charge in [-0.25, -0.2) is 4.39 Å². The van der Waals surface area contributed by atoms with Crippen molar-refractivity contribution in [1.29, 1.82) is 0 Å². The van der Waals surface area contributed by atoms with Gasteiger partial charge in [-0.3, -0.25) is 4.79 Å². The smallest absolute Gasteiger partial charge is 0.316 e. The van der Waals surface area contributed by atoms with E-state index in [0.29, 0.717) is 5.41 Å². The highest BCUT2D eigenvalue weighted by Gasteiger charge is 2.44. The average molecular weight is 330 g/mol. The largest absolute Gasteiger partial charge is 0.403 e. The molecule has 6 nitrogen and oxygen atoms in total. The van der Waals surface area contributed by atoms with Crippen molar-refractivity contribution in [2.45, 2.75) is 25.7 Å². The van der Waals surface area contributed by atoms with Crippen molar-refractivity contribution in [2.24, 2.45) is 5.41 Å². The Balaban J connectivity index is 1.33. The minimum absolute atomic E-state index is 0.0242. The van der Waals surface area contributed by atoms with E-state index in [1.807, 2.05) is 4.90 Å². The van der Waals surface area contributed by atoms with Crippen LogP contribution in [0, 0.1) is 11.2 Å². The van der Waals surface area contributed by atoms with Crippen molar-refractivity contribution in [3.8, 4) is 11.5 Å². The Hall–Kier alpha value is -2.44. The lowest BCUT2D eigenvalue weighted by Gasteiger charge is -2.32. The normalized spacial score (nSPS) is 18.6. The second-order valence-corrected chi connectivity index (χ2v) is 6.63. The van der Waals surface area contributed by atoms with Crippen LogP contribution in [0.15, 0.2) is 28.7 Å². The van der Waals surface area contributed by atoms with Crippen molar-refractivity contribution >= 4 is 11.9 Å². The van der Waals surface area contributed by atoms with Gasteiger partial charge in [-0.15, -0.1) is 5.10 Å². The molecule has 1 saturated heterocycles. The van der Waals surface area contributed by atoms with E-state index < -0.39 is 5.82 Å². The van der Waals surface area contributed by atoms with Crippen LogP contribution in [0.4, 0.5) is 10.4 Å². The molecule has 0 unspecified atom stereocenters. The molecular formula is C17H19FN4O2. The fourth-order valence-electron chi connectivity index (χ4n) is 3.21. The Morgan fingerprint density at radius 3 is 2.67 bits per heavy atom. The number of amides is 1. The Morgan fingerprint density at radius 1 is 1.21 bits per heavy atom. The number of likely N-dealkylation sites (tertiary alicyclic amines) is 1. The van der Waals surface area contributed by atoms with Gasteiger partial charge in [0, 0.05) is 13.1 Å². The highest BCUT2D eigenvalue weighted by atomic mass is 19.1. The lowest BCUT2D eigenvalue weighted by molar-refractivity contribution is -0.130. The molecule has 0 bridgehead atoms. The average Bonchev–Trinajstić information content (AvgIpc) is 3.18. The summed E-state index contributed by atoms with van der Waals surface area (Å²) in [6, 6.07) is 6.31. The first-order valence-corrected chi connectivity index (χ1v) is 8.25. The molecule has 2 aromatic rings. The molecule has 0 radical (unpaired) electrons. The van der Waals surface area contributed by atoms with Gasteiger partial charge in [-0.05, 0) is 43.2 Å². The quantitative estimate of drug-likeness (QED) is 0.933. The maximum atomic E-state index is 13.7. The van der Waals surface area contributed by atoms with Crippen LogP contribution in [0.5, 0.6) is 0 Å². The maximum absolute atomic E-state index is 13.7. The second-order valence-electron chi connectivity index (χ2n) is 6.63. The van der Waals surface area contributed by atoms with Gasteiger partial charge in [0.25, 0.3) is 5.89 Å². The van der Waals surface area contributed by atoms with Gasteiger partial charge in [-0.1, -0.05) is 17.2 Å². The molecule has 0 atom stereocenters. The summed E-state index contributed by atoms with van der Waals surface area (Å²) in [5, 5.41) is 10.5. The number of anilines is 1. The lowest BCUT2D eigenvalue weighted by Crippen LogP contribution is -2.41. The molecule has 1 N–H and O–H groups in total. The van der Waals surface area contributed by atoms with Crippen LogP contribution in [-0.4, -0.2) is 40.6 Å². The Labute approximate surface area is 139 Å². The van der Waals surface area contributed by atoms with Crippen molar-refractivity contribution in [2.75, 3.05) is 25.0 Å². The summed E-state index contributed by atoms with van der Waals surface area (Å²) in [5.41, 5.74) is 0.792. The molecule has 2 aliphatic rings. The zero-order valence-electron chi connectivity index (χ0n) is 13.3. The molecule has 2 heterocycles. The highest BCUT2D eigenvalue weighted by Crippen LogP contribution is 2.53. The number of nitrogens with zero attached hydrogens (tertiary/aromatic N) is 3. The van der Waals surface area contributed by atoms with Crippen LogP contribution in [0.2, 0.25) is 0 Å². The first-order chi connectivity index (χ1) is 11.7. The SMILES string of the molecule is O=C(CNc1nnc(-c2ccccc2F)o1)N1CCC2(CC1)CC2. The first-order valence-electron chi connectivity index (χ1n) is 8.25. The van der Waals surface area contributed by atoms with Gasteiger partial charge < -0.3 is 14.6 Å². The maximum Gasteiger partial charge on any atom is 0.316 e. The summed E-state index contributed by atoms with van der Waals surface area (Å²) < 4.78 is 19.1. The molecular weight excluding hydrogens is 311 g/mol. The number of piperidine rings is 1. The molecule has 1 amide bonds. The molecule has 1 aromatic carbocycles. The summed E-state index contributed by atoms with van der Waals surface area (Å²) in [6.07, 6.45) is 4.84. The minimum Gasteiger partial charge on any atom is -0.403 e. The van der Waals surface area contributed by atoms with E-state index in [1.54, 1.807) is 18.2 Å². The molecule has 2 fully saturated rings. The fourth-order valence-corrected chi connectivity index (χ4v) is 3.21. The molecule has 126 valence electrons. The van der Waals surface area contributed by atoms with Crippen molar-refractivity contribution in [1.82, 2.24) is 15.1 Å². The summed E-state index contributed by atoms with van der Waals surface area (Å²) in [7, 11) is 0. The van der Waals surface area contributed by atoms with Gasteiger partial charge >= 0.3 is 6.01 Å². The number of hydrogen-bond acceptors (Lipinski definition) is 5. The highest BCUT2D eigenvalue weighted by molar-refractivity contribution is 5.80. The van der Waals surface area contributed by atoms with Gasteiger partial charge in [0.2, 0.25) is 5.91 Å². The predicted octanol–water partition coefficient (Wildman–Crippen LogP) is 2.69. The van der Waals surface area contributed by atoms with E-state index in [2.05, 4.69) is 15.5 Å². The Morgan fingerprint density at radius 2 is 1.96 bits per heavy atom. The van der Waals surface area contributed by atoms with Crippen LogP contribution in [0.25, 0.3) is 11.5 Å². The van der Waals surface area contributed by atoms with Gasteiger partial charge in [-0.2, -0.15) is 0 Å². The predicted molar refractivity (Wildman–Crippen MR) is 85.7 cm³/mol. The summed E-state index contributed by atoms with van der Waals surface area (Å²) in [4.78, 5) is 14.1. The second kappa shape index (κ2) is 5.89. The van der Waals surface area contributed by atoms with E-state index in [4.69, 9.17) is 4.42 Å². The third-order valence-corrected chi connectivity index (χ3v) is 5.05. The van der Waals surface area contributed by atoms with E-state index in [1.165, 1.54) is 18.9 Å². The lowest BCUT2D eigenvalue weighted by atomic mass is 9.94. The first kappa shape index (κ1) is 15.1. The van der Waals surface area contributed by atoms with Crippen LogP contribution < -0.4 is 5.32 Å². The summed E-state index contributed by atoms with van der Waals surface area (Å²) in [5.74, 6) is -0.307. The molecule has 1 aromatic heterocycles. The molecule has 1 aliphatic heterocycles. The molecule has 24 heavy (non-hydrogen) atoms. The van der Waals surface area contributed by atoms with Crippen molar-refractivity contribution < 1.29 is 13.6 Å². The third-order valence-electron chi connectivity index (χ3n) is 5.05. The standard InChI is InChI=1S/C17H19FN4O2/c18-13-4-2-1-3-12(13)15-20-21-16(24-15)19-11-14(23)22-9-7-17(5-6-17)8-10-22/h1-4H,5-11H2,(H,19,21). The van der Waals surface area contributed by atoms with Gasteiger partial charge in [0.15, 0.2) is 0 Å². The number of nitrogens with one attached hydrogen (secondary N) is 1. The van der Waals surface area contributed by atoms with E-state index in [0.717, 1.165) is 25.9 Å². The Kier molecular flexibility index (Phi) is 3.70. The van der Waals surface area contributed by atoms with Crippen LogP contribution >= 0.6 is 0 Å². The molecule has 4 rings (SSSR count). The Bertz CT molecular complexity index is 747. The number of halogens is 1. The molecule has 7 heteroatoms. The molecule has 1 saturated carbocycles. The number of carbonyl (C=O) groups excluding carboxylic acids is 1. The van der Waals surface area contributed by atoms with Gasteiger partial charge in [0.05, 0.1) is 12.1 Å². The zero-order chi connectivity index (χ0) is 16.6. The summed E-state index contributed by atoms with van der Waals surface area (Å²) >= 11 is 0. The monoisotopic (exact) mass is 330 g/mol. The van der Waals surface area contributed by atoms with E-state index >= 15 is 0 Å². The van der Waals surface area contributed by atoms with Crippen molar-refractivity contribution in [3.63, 3.8) is 0 Å². The number of benzene rings is 1. The fraction of sp³-hybridized carbons (Fsp3) is 0.471. The summed E-state index contributed by atoms with van der Waals surface area (Å²) in [6.45, 7) is 1.75.